The summed E-state index contributed by atoms with van der Waals surface area (Å²) in [7, 11) is 0. The van der Waals surface area contributed by atoms with Gasteiger partial charge in [0.25, 0.3) is 0 Å². The fraction of sp³-hybridized carbons (Fsp3) is 0.250. The first kappa shape index (κ1) is 13.6. The summed E-state index contributed by atoms with van der Waals surface area (Å²) in [6.07, 6.45) is 0. The van der Waals surface area contributed by atoms with E-state index >= 15 is 0 Å². The normalized spacial score (nSPS) is 10.9. The number of hydrogen-bond donors (Lipinski definition) is 1. The molecule has 3 nitrogen and oxygen atoms in total. The standard InChI is InChI=1S/C12H13Cl2N3S/c1-3-17-12(11(15)7(2)16-17)18-10-6-8(13)4-5-9(10)14/h4-6H,3,15H2,1-2H3. The third-order valence-electron chi connectivity index (χ3n) is 2.52. The molecule has 0 aliphatic carbocycles. The van der Waals surface area contributed by atoms with Gasteiger partial charge in [-0.25, -0.2) is 0 Å². The number of benzene rings is 1. The zero-order chi connectivity index (χ0) is 13.3. The Balaban J connectivity index is 2.42. The zero-order valence-corrected chi connectivity index (χ0v) is 12.4. The van der Waals surface area contributed by atoms with Crippen molar-refractivity contribution in [1.82, 2.24) is 9.78 Å². The Bertz CT molecular complexity index is 581. The highest BCUT2D eigenvalue weighted by Crippen LogP contribution is 2.38. The Morgan fingerprint density at radius 1 is 1.39 bits per heavy atom. The van der Waals surface area contributed by atoms with Crippen molar-refractivity contribution in [2.24, 2.45) is 0 Å². The van der Waals surface area contributed by atoms with Crippen molar-refractivity contribution in [3.63, 3.8) is 0 Å². The van der Waals surface area contributed by atoms with E-state index in [-0.39, 0.29) is 0 Å². The van der Waals surface area contributed by atoms with Crippen LogP contribution in [0.2, 0.25) is 10.0 Å². The van der Waals surface area contributed by atoms with Crippen molar-refractivity contribution in [2.45, 2.75) is 30.3 Å². The predicted molar refractivity (Wildman–Crippen MR) is 77.6 cm³/mol. The molecule has 0 fully saturated rings. The molecule has 0 bridgehead atoms. The minimum Gasteiger partial charge on any atom is -0.395 e. The Kier molecular flexibility index (Phi) is 4.10. The Labute approximate surface area is 120 Å². The summed E-state index contributed by atoms with van der Waals surface area (Å²) in [6.45, 7) is 4.68. The van der Waals surface area contributed by atoms with Gasteiger partial charge in [0, 0.05) is 16.5 Å². The van der Waals surface area contributed by atoms with Gasteiger partial charge in [-0.1, -0.05) is 35.0 Å². The van der Waals surface area contributed by atoms with Gasteiger partial charge in [-0.05, 0) is 32.0 Å². The van der Waals surface area contributed by atoms with Crippen molar-refractivity contribution >= 4 is 40.7 Å². The molecule has 1 aromatic heterocycles. The summed E-state index contributed by atoms with van der Waals surface area (Å²) in [6, 6.07) is 5.37. The van der Waals surface area contributed by atoms with E-state index in [1.807, 2.05) is 24.6 Å². The van der Waals surface area contributed by atoms with Gasteiger partial charge in [0.15, 0.2) is 0 Å². The number of aromatic nitrogens is 2. The topological polar surface area (TPSA) is 43.8 Å². The summed E-state index contributed by atoms with van der Waals surface area (Å²) in [5, 5.41) is 6.58. The lowest BCUT2D eigenvalue weighted by molar-refractivity contribution is 0.602. The first-order chi connectivity index (χ1) is 8.52. The van der Waals surface area contributed by atoms with E-state index in [9.17, 15) is 0 Å². The average Bonchev–Trinajstić information content (AvgIpc) is 2.61. The van der Waals surface area contributed by atoms with Crippen LogP contribution in [0.1, 0.15) is 12.6 Å². The molecule has 0 radical (unpaired) electrons. The van der Waals surface area contributed by atoms with E-state index in [2.05, 4.69) is 5.10 Å². The molecule has 1 aromatic carbocycles. The van der Waals surface area contributed by atoms with Gasteiger partial charge in [0.05, 0.1) is 16.4 Å². The maximum Gasteiger partial charge on any atom is 0.122 e. The van der Waals surface area contributed by atoms with Crippen molar-refractivity contribution in [3.8, 4) is 0 Å². The molecule has 0 unspecified atom stereocenters. The molecule has 1 heterocycles. The molecule has 0 atom stereocenters. The van der Waals surface area contributed by atoms with Crippen LogP contribution in [0.15, 0.2) is 28.1 Å². The molecule has 0 amide bonds. The molecule has 2 rings (SSSR count). The van der Waals surface area contributed by atoms with Crippen molar-refractivity contribution in [3.05, 3.63) is 33.9 Å². The maximum absolute atomic E-state index is 6.15. The highest BCUT2D eigenvalue weighted by molar-refractivity contribution is 7.99. The lowest BCUT2D eigenvalue weighted by atomic mass is 10.4. The highest BCUT2D eigenvalue weighted by atomic mass is 35.5. The van der Waals surface area contributed by atoms with Crippen LogP contribution in [-0.4, -0.2) is 9.78 Å². The van der Waals surface area contributed by atoms with Crippen LogP contribution in [0, 0.1) is 6.92 Å². The molecule has 0 spiro atoms. The van der Waals surface area contributed by atoms with Gasteiger partial charge in [-0.2, -0.15) is 5.10 Å². The Hall–Kier alpha value is -0.840. The molecule has 0 saturated carbocycles. The van der Waals surface area contributed by atoms with E-state index in [4.69, 9.17) is 28.9 Å². The summed E-state index contributed by atoms with van der Waals surface area (Å²) in [5.74, 6) is 0. The van der Waals surface area contributed by atoms with Crippen molar-refractivity contribution in [2.75, 3.05) is 5.73 Å². The first-order valence-electron chi connectivity index (χ1n) is 5.48. The van der Waals surface area contributed by atoms with Gasteiger partial charge in [-0.15, -0.1) is 0 Å². The number of rotatable bonds is 3. The van der Waals surface area contributed by atoms with Gasteiger partial charge in [0.1, 0.15) is 5.03 Å². The fourth-order valence-electron chi connectivity index (χ4n) is 1.56. The van der Waals surface area contributed by atoms with Gasteiger partial charge in [0.2, 0.25) is 0 Å². The van der Waals surface area contributed by atoms with Crippen LogP contribution in [0.5, 0.6) is 0 Å². The third-order valence-corrected chi connectivity index (χ3v) is 4.38. The Morgan fingerprint density at radius 2 is 2.11 bits per heavy atom. The number of anilines is 1. The van der Waals surface area contributed by atoms with Crippen LogP contribution in [0.4, 0.5) is 5.69 Å². The van der Waals surface area contributed by atoms with Crippen LogP contribution in [-0.2, 0) is 6.54 Å². The van der Waals surface area contributed by atoms with Crippen molar-refractivity contribution in [1.29, 1.82) is 0 Å². The third kappa shape index (κ3) is 2.60. The quantitative estimate of drug-likeness (QED) is 0.921. The molecule has 0 saturated heterocycles. The molecule has 96 valence electrons. The largest absolute Gasteiger partial charge is 0.395 e. The van der Waals surface area contributed by atoms with E-state index in [1.54, 1.807) is 12.1 Å². The van der Waals surface area contributed by atoms with Crippen LogP contribution < -0.4 is 5.73 Å². The second-order valence-electron chi connectivity index (χ2n) is 3.80. The Morgan fingerprint density at radius 3 is 2.78 bits per heavy atom. The SMILES string of the molecule is CCn1nc(C)c(N)c1Sc1cc(Cl)ccc1Cl. The van der Waals surface area contributed by atoms with E-state index in [0.29, 0.717) is 15.7 Å². The zero-order valence-electron chi connectivity index (χ0n) is 10.1. The summed E-state index contributed by atoms with van der Waals surface area (Å²) in [4.78, 5) is 0.880. The summed E-state index contributed by atoms with van der Waals surface area (Å²) in [5.41, 5.74) is 7.56. The number of aryl methyl sites for hydroxylation is 2. The smallest absolute Gasteiger partial charge is 0.122 e. The minimum atomic E-state index is 0.653. The number of nitrogen functional groups attached to an aromatic ring is 1. The molecular weight excluding hydrogens is 289 g/mol. The van der Waals surface area contributed by atoms with Gasteiger partial charge < -0.3 is 5.73 Å². The fourth-order valence-corrected chi connectivity index (χ4v) is 3.12. The van der Waals surface area contributed by atoms with Crippen LogP contribution in [0.3, 0.4) is 0 Å². The average molecular weight is 302 g/mol. The lowest BCUT2D eigenvalue weighted by Gasteiger charge is -2.07. The van der Waals surface area contributed by atoms with Crippen molar-refractivity contribution < 1.29 is 0 Å². The van der Waals surface area contributed by atoms with Gasteiger partial charge in [-0.3, -0.25) is 4.68 Å². The predicted octanol–water partition coefficient (Wildman–Crippen LogP) is 4.25. The summed E-state index contributed by atoms with van der Waals surface area (Å²) >= 11 is 13.6. The van der Waals surface area contributed by atoms with E-state index in [1.165, 1.54) is 11.8 Å². The molecule has 0 aliphatic heterocycles. The molecule has 2 N–H and O–H groups in total. The summed E-state index contributed by atoms with van der Waals surface area (Å²) < 4.78 is 1.87. The molecule has 0 aliphatic rings. The second-order valence-corrected chi connectivity index (χ2v) is 5.67. The van der Waals surface area contributed by atoms with Crippen LogP contribution >= 0.6 is 35.0 Å². The number of nitrogens with zero attached hydrogens (tertiary/aromatic N) is 2. The molecule has 6 heteroatoms. The lowest BCUT2D eigenvalue weighted by Crippen LogP contribution is -1.99. The number of halogens is 2. The first-order valence-corrected chi connectivity index (χ1v) is 7.06. The number of hydrogen-bond acceptors (Lipinski definition) is 3. The number of nitrogens with two attached hydrogens (primary N) is 1. The maximum atomic E-state index is 6.15. The monoisotopic (exact) mass is 301 g/mol. The minimum absolute atomic E-state index is 0.653. The molecule has 18 heavy (non-hydrogen) atoms. The molecule has 2 aromatic rings. The molecular formula is C12H13Cl2N3S. The van der Waals surface area contributed by atoms with Gasteiger partial charge >= 0.3 is 0 Å². The van der Waals surface area contributed by atoms with Crippen LogP contribution in [0.25, 0.3) is 0 Å². The van der Waals surface area contributed by atoms with E-state index in [0.717, 1.165) is 22.2 Å². The highest BCUT2D eigenvalue weighted by Gasteiger charge is 2.14. The second kappa shape index (κ2) is 5.43. The van der Waals surface area contributed by atoms with E-state index < -0.39 is 0 Å².